The Balaban J connectivity index is 0.00000300. The number of nitrogens with zero attached hydrogens (tertiary/aromatic N) is 2. The van der Waals surface area contributed by atoms with Gasteiger partial charge in [0.2, 0.25) is 5.91 Å². The van der Waals surface area contributed by atoms with Crippen molar-refractivity contribution in [3.05, 3.63) is 35.9 Å². The lowest BCUT2D eigenvalue weighted by Gasteiger charge is -2.31. The van der Waals surface area contributed by atoms with E-state index >= 15 is 0 Å². The molecule has 1 atom stereocenters. The highest BCUT2D eigenvalue weighted by molar-refractivity contribution is 14.0. The molecule has 1 aromatic carbocycles. The van der Waals surface area contributed by atoms with Gasteiger partial charge in [0.05, 0.1) is 19.7 Å². The minimum absolute atomic E-state index is 0. The van der Waals surface area contributed by atoms with Crippen LogP contribution in [0.25, 0.3) is 0 Å². The third kappa shape index (κ3) is 7.42. The second kappa shape index (κ2) is 11.7. The van der Waals surface area contributed by atoms with E-state index in [9.17, 15) is 4.79 Å². The molecule has 1 amide bonds. The fourth-order valence-electron chi connectivity index (χ4n) is 3.53. The molecular weight excluding hydrogens is 483 g/mol. The van der Waals surface area contributed by atoms with Crippen LogP contribution < -0.4 is 10.6 Å². The number of amides is 1. The van der Waals surface area contributed by atoms with Gasteiger partial charge in [-0.2, -0.15) is 0 Å². The number of likely N-dealkylation sites (N-methyl/N-ethyl adjacent to an activating group) is 1. The maximum absolute atomic E-state index is 11.9. The van der Waals surface area contributed by atoms with Crippen LogP contribution in [-0.4, -0.2) is 62.4 Å². The Kier molecular flexibility index (Phi) is 9.64. The first-order valence-electron chi connectivity index (χ1n) is 10.1. The number of aliphatic imine (C=N–C) groups is 1. The van der Waals surface area contributed by atoms with Gasteiger partial charge in [-0.1, -0.05) is 36.8 Å². The summed E-state index contributed by atoms with van der Waals surface area (Å²) in [6.45, 7) is 1.92. The van der Waals surface area contributed by atoms with Crippen molar-refractivity contribution in [2.45, 2.75) is 50.5 Å². The molecule has 2 N–H and O–H groups in total. The lowest BCUT2D eigenvalue weighted by atomic mass is 9.94. The van der Waals surface area contributed by atoms with Crippen LogP contribution in [0.4, 0.5) is 0 Å². The van der Waals surface area contributed by atoms with Crippen LogP contribution in [0.3, 0.4) is 0 Å². The Morgan fingerprint density at radius 2 is 1.90 bits per heavy atom. The molecule has 2 aliphatic rings. The molecule has 3 rings (SSSR count). The Morgan fingerprint density at radius 3 is 2.59 bits per heavy atom. The van der Waals surface area contributed by atoms with Gasteiger partial charge in [-0.15, -0.1) is 24.0 Å². The third-order valence-electron chi connectivity index (χ3n) is 5.19. The molecule has 29 heavy (non-hydrogen) atoms. The topological polar surface area (TPSA) is 75.2 Å². The molecule has 1 aliphatic heterocycles. The van der Waals surface area contributed by atoms with Gasteiger partial charge in [0.1, 0.15) is 6.10 Å². The summed E-state index contributed by atoms with van der Waals surface area (Å²) in [5.41, 5.74) is 1.11. The molecule has 7 nitrogen and oxygen atoms in total. The molecule has 1 saturated carbocycles. The summed E-state index contributed by atoms with van der Waals surface area (Å²) in [4.78, 5) is 18.1. The van der Waals surface area contributed by atoms with Crippen LogP contribution >= 0.6 is 24.0 Å². The average Bonchev–Trinajstić information content (AvgIpc) is 3.10. The minimum atomic E-state index is -0.375. The quantitative estimate of drug-likeness (QED) is 0.346. The molecule has 1 unspecified atom stereocenters. The Hall–Kier alpha value is -1.39. The van der Waals surface area contributed by atoms with E-state index in [1.54, 1.807) is 19.0 Å². The standard InChI is InChI=1S/C21H32N4O3.HI/c1-25(2)19(26)15-24-20(22-13-17-9-5-3-6-10-17)23-14-18-16-27-21(28-18)11-7-4-8-12-21;/h3,5-6,9-10,18H,4,7-8,11-16H2,1-2H3,(H2,22,23,24);1H. The maximum atomic E-state index is 11.9. The smallest absolute Gasteiger partial charge is 0.241 e. The molecule has 0 radical (unpaired) electrons. The summed E-state index contributed by atoms with van der Waals surface area (Å²) in [5.74, 6) is 0.225. The Morgan fingerprint density at radius 1 is 1.17 bits per heavy atom. The lowest BCUT2D eigenvalue weighted by Crippen LogP contribution is -2.45. The van der Waals surface area contributed by atoms with Crippen molar-refractivity contribution in [3.63, 3.8) is 0 Å². The highest BCUT2D eigenvalue weighted by Gasteiger charge is 2.42. The van der Waals surface area contributed by atoms with E-state index in [0.717, 1.165) is 31.2 Å². The fraction of sp³-hybridized carbons (Fsp3) is 0.619. The number of carbonyl (C=O) groups excluding carboxylic acids is 1. The monoisotopic (exact) mass is 516 g/mol. The van der Waals surface area contributed by atoms with Crippen LogP contribution in [0.5, 0.6) is 0 Å². The predicted molar refractivity (Wildman–Crippen MR) is 124 cm³/mol. The van der Waals surface area contributed by atoms with E-state index in [1.165, 1.54) is 6.42 Å². The molecule has 0 bridgehead atoms. The summed E-state index contributed by atoms with van der Waals surface area (Å²) in [7, 11) is 3.48. The van der Waals surface area contributed by atoms with Crippen LogP contribution in [0.1, 0.15) is 37.7 Å². The minimum Gasteiger partial charge on any atom is -0.354 e. The second-order valence-corrected chi connectivity index (χ2v) is 7.70. The molecule has 1 saturated heterocycles. The number of ether oxygens (including phenoxy) is 2. The Bertz CT molecular complexity index is 663. The van der Waals surface area contributed by atoms with E-state index in [-0.39, 0.29) is 48.3 Å². The molecule has 1 spiro atoms. The molecule has 1 heterocycles. The fourth-order valence-corrected chi connectivity index (χ4v) is 3.53. The SMILES string of the molecule is CN(C)C(=O)CNC(=NCc1ccccc1)NCC1COC2(CCCCC2)O1.I. The van der Waals surface area contributed by atoms with Crippen molar-refractivity contribution < 1.29 is 14.3 Å². The number of benzene rings is 1. The van der Waals surface area contributed by atoms with Crippen LogP contribution in [-0.2, 0) is 20.8 Å². The number of hydrogen-bond donors (Lipinski definition) is 2. The summed E-state index contributed by atoms with van der Waals surface area (Å²) in [6, 6.07) is 10.0. The van der Waals surface area contributed by atoms with Gasteiger partial charge in [0.15, 0.2) is 11.7 Å². The first kappa shape index (κ1) is 23.9. The normalized spacial score (nSPS) is 20.8. The van der Waals surface area contributed by atoms with E-state index in [0.29, 0.717) is 25.7 Å². The van der Waals surface area contributed by atoms with Gasteiger partial charge in [-0.25, -0.2) is 4.99 Å². The summed E-state index contributed by atoms with van der Waals surface area (Å²) < 4.78 is 12.2. The van der Waals surface area contributed by atoms with E-state index in [2.05, 4.69) is 15.6 Å². The van der Waals surface area contributed by atoms with Crippen molar-refractivity contribution in [3.8, 4) is 0 Å². The number of halogens is 1. The summed E-state index contributed by atoms with van der Waals surface area (Å²) in [5, 5.41) is 6.43. The highest BCUT2D eigenvalue weighted by atomic mass is 127. The number of hydrogen-bond acceptors (Lipinski definition) is 4. The molecule has 0 aromatic heterocycles. The van der Waals surface area contributed by atoms with Crippen LogP contribution in [0.15, 0.2) is 35.3 Å². The first-order chi connectivity index (χ1) is 13.6. The summed E-state index contributed by atoms with van der Waals surface area (Å²) in [6.07, 6.45) is 5.54. The van der Waals surface area contributed by atoms with Crippen molar-refractivity contribution in [2.24, 2.45) is 4.99 Å². The third-order valence-corrected chi connectivity index (χ3v) is 5.19. The summed E-state index contributed by atoms with van der Waals surface area (Å²) >= 11 is 0. The molecular formula is C21H33IN4O3. The van der Waals surface area contributed by atoms with Gasteiger partial charge in [-0.3, -0.25) is 4.79 Å². The van der Waals surface area contributed by atoms with Gasteiger partial charge >= 0.3 is 0 Å². The molecule has 162 valence electrons. The largest absolute Gasteiger partial charge is 0.354 e. The zero-order valence-electron chi connectivity index (χ0n) is 17.4. The Labute approximate surface area is 190 Å². The zero-order chi connectivity index (χ0) is 19.8. The van der Waals surface area contributed by atoms with Crippen molar-refractivity contribution in [2.75, 3.05) is 33.8 Å². The average molecular weight is 516 g/mol. The van der Waals surface area contributed by atoms with Crippen LogP contribution in [0, 0.1) is 0 Å². The van der Waals surface area contributed by atoms with Gasteiger partial charge in [-0.05, 0) is 18.4 Å². The van der Waals surface area contributed by atoms with Crippen molar-refractivity contribution in [1.82, 2.24) is 15.5 Å². The van der Waals surface area contributed by atoms with Gasteiger partial charge < -0.3 is 25.0 Å². The number of guanidine groups is 1. The molecule has 2 fully saturated rings. The second-order valence-electron chi connectivity index (χ2n) is 7.70. The van der Waals surface area contributed by atoms with Crippen LogP contribution in [0.2, 0.25) is 0 Å². The van der Waals surface area contributed by atoms with Crippen molar-refractivity contribution in [1.29, 1.82) is 0 Å². The first-order valence-corrected chi connectivity index (χ1v) is 10.1. The van der Waals surface area contributed by atoms with Crippen molar-refractivity contribution >= 4 is 35.8 Å². The molecule has 1 aromatic rings. The molecule has 1 aliphatic carbocycles. The number of rotatable bonds is 6. The molecule has 8 heteroatoms. The predicted octanol–water partition coefficient (Wildman–Crippen LogP) is 2.50. The zero-order valence-corrected chi connectivity index (χ0v) is 19.7. The van der Waals surface area contributed by atoms with E-state index in [1.807, 2.05) is 30.3 Å². The lowest BCUT2D eigenvalue weighted by molar-refractivity contribution is -0.186. The maximum Gasteiger partial charge on any atom is 0.241 e. The van der Waals surface area contributed by atoms with Gasteiger partial charge in [0.25, 0.3) is 0 Å². The van der Waals surface area contributed by atoms with E-state index in [4.69, 9.17) is 9.47 Å². The highest BCUT2D eigenvalue weighted by Crippen LogP contribution is 2.37. The van der Waals surface area contributed by atoms with E-state index < -0.39 is 0 Å². The number of nitrogens with one attached hydrogen (secondary N) is 2. The number of carbonyl (C=O) groups is 1. The van der Waals surface area contributed by atoms with Gasteiger partial charge in [0, 0.05) is 33.5 Å².